The highest BCUT2D eigenvalue weighted by Crippen LogP contribution is 2.16. The molecule has 6 nitrogen and oxygen atoms in total. The van der Waals surface area contributed by atoms with Gasteiger partial charge in [-0.3, -0.25) is 0 Å². The van der Waals surface area contributed by atoms with Crippen molar-refractivity contribution in [2.24, 2.45) is 0 Å². The molecule has 1 aromatic heterocycles. The first kappa shape index (κ1) is 17.9. The summed E-state index contributed by atoms with van der Waals surface area (Å²) in [6.45, 7) is 4.76. The number of benzene rings is 1. The first-order valence-electron chi connectivity index (χ1n) is 7.99. The first-order chi connectivity index (χ1) is 11.6. The molecule has 2 rings (SSSR count). The number of amides is 2. The van der Waals surface area contributed by atoms with Crippen LogP contribution in [0.5, 0.6) is 0 Å². The summed E-state index contributed by atoms with van der Waals surface area (Å²) < 4.78 is 16.0. The van der Waals surface area contributed by atoms with Gasteiger partial charge in [0.25, 0.3) is 0 Å². The van der Waals surface area contributed by atoms with E-state index in [1.165, 1.54) is 6.07 Å². The number of aryl methyl sites for hydroxylation is 1. The highest BCUT2D eigenvalue weighted by molar-refractivity contribution is 5.74. The number of rotatable bonds is 7. The molecule has 0 fully saturated rings. The summed E-state index contributed by atoms with van der Waals surface area (Å²) in [5.41, 5.74) is 1.09. The van der Waals surface area contributed by atoms with E-state index in [2.05, 4.69) is 10.3 Å². The van der Waals surface area contributed by atoms with Crippen molar-refractivity contribution in [3.05, 3.63) is 47.8 Å². The van der Waals surface area contributed by atoms with Gasteiger partial charge >= 0.3 is 6.03 Å². The van der Waals surface area contributed by atoms with Crippen molar-refractivity contribution in [1.82, 2.24) is 19.8 Å². The van der Waals surface area contributed by atoms with Gasteiger partial charge in [-0.05, 0) is 31.0 Å². The second-order valence-electron chi connectivity index (χ2n) is 5.50. The molecule has 0 spiro atoms. The lowest BCUT2D eigenvalue weighted by atomic mass is 10.2. The van der Waals surface area contributed by atoms with Crippen molar-refractivity contribution in [1.29, 1.82) is 0 Å². The molecule has 0 aliphatic carbocycles. The van der Waals surface area contributed by atoms with E-state index < -0.39 is 0 Å². The van der Waals surface area contributed by atoms with Crippen molar-refractivity contribution in [2.45, 2.75) is 26.8 Å². The lowest BCUT2D eigenvalue weighted by Crippen LogP contribution is -2.41. The van der Waals surface area contributed by atoms with Crippen LogP contribution in [0.4, 0.5) is 9.18 Å². The summed E-state index contributed by atoms with van der Waals surface area (Å²) in [4.78, 5) is 17.7. The fourth-order valence-electron chi connectivity index (χ4n) is 2.48. The zero-order valence-electron chi connectivity index (χ0n) is 14.0. The number of imidazole rings is 1. The molecule has 0 aliphatic heterocycles. The second kappa shape index (κ2) is 8.44. The Bertz CT molecular complexity index is 681. The van der Waals surface area contributed by atoms with Crippen molar-refractivity contribution >= 4 is 6.03 Å². The molecule has 0 unspecified atom stereocenters. The van der Waals surface area contributed by atoms with Gasteiger partial charge < -0.3 is 19.9 Å². The van der Waals surface area contributed by atoms with Gasteiger partial charge in [0.05, 0.1) is 12.3 Å². The number of urea groups is 1. The van der Waals surface area contributed by atoms with Crippen molar-refractivity contribution in [3.63, 3.8) is 0 Å². The number of aromatic nitrogens is 2. The van der Waals surface area contributed by atoms with Gasteiger partial charge in [0, 0.05) is 32.0 Å². The van der Waals surface area contributed by atoms with E-state index in [0.29, 0.717) is 23.6 Å². The van der Waals surface area contributed by atoms with Crippen LogP contribution in [0.1, 0.15) is 24.7 Å². The number of nitrogens with one attached hydrogen (secondary N) is 1. The number of carbonyl (C=O) groups is 1. The molecular formula is C17H23FN4O2. The topological polar surface area (TPSA) is 70.4 Å². The van der Waals surface area contributed by atoms with Crippen LogP contribution in [-0.4, -0.2) is 45.3 Å². The van der Waals surface area contributed by atoms with E-state index in [0.717, 1.165) is 6.42 Å². The maximum Gasteiger partial charge on any atom is 0.317 e. The zero-order valence-corrected chi connectivity index (χ0v) is 14.0. The Kier molecular flexibility index (Phi) is 6.31. The predicted octanol–water partition coefficient (Wildman–Crippen LogP) is 2.23. The summed E-state index contributed by atoms with van der Waals surface area (Å²) in [5, 5.41) is 11.8. The zero-order chi connectivity index (χ0) is 17.5. The van der Waals surface area contributed by atoms with E-state index in [-0.39, 0.29) is 31.5 Å². The molecule has 2 amide bonds. The summed E-state index contributed by atoms with van der Waals surface area (Å²) in [7, 11) is 0. The molecule has 1 aromatic carbocycles. The molecular weight excluding hydrogens is 311 g/mol. The van der Waals surface area contributed by atoms with Gasteiger partial charge in [0.2, 0.25) is 0 Å². The third kappa shape index (κ3) is 4.32. The Balaban J connectivity index is 2.02. The number of aliphatic hydroxyl groups excluding tert-OH is 1. The fraction of sp³-hybridized carbons (Fsp3) is 0.412. The normalized spacial score (nSPS) is 10.7. The lowest BCUT2D eigenvalue weighted by molar-refractivity contribution is 0.177. The average Bonchev–Trinajstić information content (AvgIpc) is 2.98. The van der Waals surface area contributed by atoms with E-state index in [1.807, 2.05) is 6.92 Å². The van der Waals surface area contributed by atoms with Crippen molar-refractivity contribution in [2.75, 3.05) is 19.7 Å². The Hall–Kier alpha value is -2.41. The minimum Gasteiger partial charge on any atom is -0.395 e. The van der Waals surface area contributed by atoms with E-state index in [4.69, 9.17) is 5.11 Å². The van der Waals surface area contributed by atoms with Gasteiger partial charge in [-0.15, -0.1) is 0 Å². The monoisotopic (exact) mass is 334 g/mol. The Morgan fingerprint density at radius 2 is 2.21 bits per heavy atom. The Labute approximate surface area is 140 Å². The van der Waals surface area contributed by atoms with Crippen LogP contribution in [0.25, 0.3) is 5.69 Å². The summed E-state index contributed by atoms with van der Waals surface area (Å²) in [5.74, 6) is 0.331. The molecule has 1 heterocycles. The number of halogens is 1. The number of nitrogens with zero attached hydrogens (tertiary/aromatic N) is 3. The molecule has 2 aromatic rings. The number of aliphatic hydroxyl groups is 1. The molecule has 0 atom stereocenters. The average molecular weight is 334 g/mol. The largest absolute Gasteiger partial charge is 0.395 e. The smallest absolute Gasteiger partial charge is 0.317 e. The van der Waals surface area contributed by atoms with Crippen molar-refractivity contribution in [3.8, 4) is 5.69 Å². The third-order valence-electron chi connectivity index (χ3n) is 3.69. The highest BCUT2D eigenvalue weighted by atomic mass is 19.1. The van der Waals surface area contributed by atoms with Crippen LogP contribution < -0.4 is 5.32 Å². The van der Waals surface area contributed by atoms with Crippen molar-refractivity contribution < 1.29 is 14.3 Å². The predicted molar refractivity (Wildman–Crippen MR) is 89.4 cm³/mol. The quantitative estimate of drug-likeness (QED) is 0.816. The van der Waals surface area contributed by atoms with E-state index >= 15 is 0 Å². The molecule has 130 valence electrons. The third-order valence-corrected chi connectivity index (χ3v) is 3.69. The van der Waals surface area contributed by atoms with Gasteiger partial charge in [0.15, 0.2) is 0 Å². The van der Waals surface area contributed by atoms with Crippen LogP contribution in [0.3, 0.4) is 0 Å². The van der Waals surface area contributed by atoms with Crippen LogP contribution in [-0.2, 0) is 6.54 Å². The van der Waals surface area contributed by atoms with Gasteiger partial charge in [0.1, 0.15) is 11.6 Å². The molecule has 0 saturated heterocycles. The van der Waals surface area contributed by atoms with E-state index in [1.54, 1.807) is 40.9 Å². The van der Waals surface area contributed by atoms with E-state index in [9.17, 15) is 9.18 Å². The number of hydrogen-bond donors (Lipinski definition) is 2. The van der Waals surface area contributed by atoms with Gasteiger partial charge in [-0.25, -0.2) is 14.2 Å². The summed E-state index contributed by atoms with van der Waals surface area (Å²) >= 11 is 0. The van der Waals surface area contributed by atoms with Crippen LogP contribution in [0.15, 0.2) is 30.6 Å². The fourth-order valence-corrected chi connectivity index (χ4v) is 2.48. The maximum atomic E-state index is 14.3. The minimum atomic E-state index is -0.372. The summed E-state index contributed by atoms with van der Waals surface area (Å²) in [6, 6.07) is 4.59. The molecule has 0 saturated carbocycles. The molecule has 0 bridgehead atoms. The van der Waals surface area contributed by atoms with Gasteiger partial charge in [-0.2, -0.15) is 0 Å². The number of hydrogen-bond acceptors (Lipinski definition) is 3. The Morgan fingerprint density at radius 1 is 1.42 bits per heavy atom. The SMILES string of the molecule is CCCN(CCO)C(=O)NCc1ccc(-n2ccnc2C)c(F)c1. The molecule has 7 heteroatoms. The van der Waals surface area contributed by atoms with Crippen LogP contribution >= 0.6 is 0 Å². The lowest BCUT2D eigenvalue weighted by Gasteiger charge is -2.21. The van der Waals surface area contributed by atoms with Crippen LogP contribution in [0.2, 0.25) is 0 Å². The first-order valence-corrected chi connectivity index (χ1v) is 7.99. The van der Waals surface area contributed by atoms with Crippen LogP contribution in [0, 0.1) is 12.7 Å². The van der Waals surface area contributed by atoms with Gasteiger partial charge in [-0.1, -0.05) is 13.0 Å². The second-order valence-corrected chi connectivity index (χ2v) is 5.50. The number of carbonyl (C=O) groups excluding carboxylic acids is 1. The molecule has 0 aliphatic rings. The molecule has 0 radical (unpaired) electrons. The maximum absolute atomic E-state index is 14.3. The highest BCUT2D eigenvalue weighted by Gasteiger charge is 2.12. The summed E-state index contributed by atoms with van der Waals surface area (Å²) in [6.07, 6.45) is 4.13. The molecule has 2 N–H and O–H groups in total. The molecule has 24 heavy (non-hydrogen) atoms. The standard InChI is InChI=1S/C17H23FN4O2/c1-3-7-21(9-10-23)17(24)20-12-14-4-5-16(15(18)11-14)22-8-6-19-13(22)2/h4-6,8,11,23H,3,7,9-10,12H2,1-2H3,(H,20,24). The Morgan fingerprint density at radius 3 is 2.79 bits per heavy atom. The minimum absolute atomic E-state index is 0.0823.